The highest BCUT2D eigenvalue weighted by atomic mass is 16.6. The summed E-state index contributed by atoms with van der Waals surface area (Å²) in [6.07, 6.45) is 0. The van der Waals surface area contributed by atoms with Crippen molar-refractivity contribution in [1.82, 2.24) is 9.36 Å². The van der Waals surface area contributed by atoms with Crippen LogP contribution in [0.1, 0.15) is 0 Å². The molecule has 2 rings (SSSR count). The number of nitrogens with zero attached hydrogens (tertiary/aromatic N) is 3. The molecule has 10 nitrogen and oxygen atoms in total. The van der Waals surface area contributed by atoms with Crippen molar-refractivity contribution < 1.29 is 24.0 Å². The average molecular weight is 323 g/mol. The second-order valence-electron chi connectivity index (χ2n) is 4.53. The molecule has 0 bridgehead atoms. The number of nitro benzene ring substituents is 1. The van der Waals surface area contributed by atoms with Gasteiger partial charge in [0.15, 0.2) is 0 Å². The van der Waals surface area contributed by atoms with Crippen LogP contribution in [0.2, 0.25) is 0 Å². The van der Waals surface area contributed by atoms with Gasteiger partial charge in [-0.25, -0.2) is 4.68 Å². The fraction of sp³-hybridized carbons (Fsp3) is 0.308. The van der Waals surface area contributed by atoms with Gasteiger partial charge in [-0.1, -0.05) is 0 Å². The lowest BCUT2D eigenvalue weighted by molar-refractivity contribution is -0.384. The fourth-order valence-electron chi connectivity index (χ4n) is 2.11. The van der Waals surface area contributed by atoms with E-state index < -0.39 is 29.0 Å². The molecule has 0 aliphatic carbocycles. The highest BCUT2D eigenvalue weighted by molar-refractivity contribution is 5.83. The maximum absolute atomic E-state index is 12.4. The highest BCUT2D eigenvalue weighted by Crippen LogP contribution is 2.19. The van der Waals surface area contributed by atoms with E-state index >= 15 is 0 Å². The third-order valence-electron chi connectivity index (χ3n) is 3.24. The Morgan fingerprint density at radius 1 is 1.13 bits per heavy atom. The van der Waals surface area contributed by atoms with E-state index in [0.717, 1.165) is 17.9 Å². The third-order valence-corrected chi connectivity index (χ3v) is 3.24. The van der Waals surface area contributed by atoms with Crippen molar-refractivity contribution in [3.63, 3.8) is 0 Å². The van der Waals surface area contributed by atoms with Crippen LogP contribution in [-0.4, -0.2) is 40.4 Å². The number of methoxy groups -OCH3 is 2. The van der Waals surface area contributed by atoms with Crippen molar-refractivity contribution in [3.8, 4) is 0 Å². The summed E-state index contributed by atoms with van der Waals surface area (Å²) in [5, 5.41) is 10.9. The number of benzene rings is 1. The molecular weight excluding hydrogens is 310 g/mol. The number of hydrogen-bond donors (Lipinski definition) is 0. The minimum atomic E-state index is -0.699. The number of aromatic nitrogens is 2. The zero-order valence-corrected chi connectivity index (χ0v) is 12.3. The number of fused-ring (bicyclic) bond motifs is 1. The first-order valence-electron chi connectivity index (χ1n) is 6.40. The SMILES string of the molecule is COC(=O)Cn1c(=O)c2cc([N+](=O)[O-])ccc2n1CC(=O)OC. The number of hydrogen-bond acceptors (Lipinski definition) is 7. The molecule has 0 spiro atoms. The molecular formula is C13H13N3O7. The van der Waals surface area contributed by atoms with Gasteiger partial charge in [-0.05, 0) is 6.07 Å². The van der Waals surface area contributed by atoms with Gasteiger partial charge in [0.25, 0.3) is 11.2 Å². The Bertz CT molecular complexity index is 849. The van der Waals surface area contributed by atoms with Gasteiger partial charge in [-0.15, -0.1) is 0 Å². The highest BCUT2D eigenvalue weighted by Gasteiger charge is 2.20. The molecule has 122 valence electrons. The third kappa shape index (κ3) is 3.05. The first kappa shape index (κ1) is 16.2. The van der Waals surface area contributed by atoms with Crippen LogP contribution in [0.25, 0.3) is 10.9 Å². The van der Waals surface area contributed by atoms with E-state index in [-0.39, 0.29) is 23.1 Å². The average Bonchev–Trinajstić information content (AvgIpc) is 2.79. The Morgan fingerprint density at radius 2 is 1.70 bits per heavy atom. The Morgan fingerprint density at radius 3 is 2.22 bits per heavy atom. The van der Waals surface area contributed by atoms with Gasteiger partial charge in [0.2, 0.25) is 0 Å². The Hall–Kier alpha value is -3.17. The molecule has 0 N–H and O–H groups in total. The molecule has 1 heterocycles. The van der Waals surface area contributed by atoms with Gasteiger partial charge in [0.1, 0.15) is 13.1 Å². The summed E-state index contributed by atoms with van der Waals surface area (Å²) >= 11 is 0. The molecule has 1 aromatic carbocycles. The van der Waals surface area contributed by atoms with Crippen LogP contribution >= 0.6 is 0 Å². The van der Waals surface area contributed by atoms with E-state index in [4.69, 9.17) is 0 Å². The number of carbonyl (C=O) groups excluding carboxylic acids is 2. The van der Waals surface area contributed by atoms with Crippen molar-refractivity contribution >= 4 is 28.5 Å². The van der Waals surface area contributed by atoms with Crippen LogP contribution in [0.5, 0.6) is 0 Å². The van der Waals surface area contributed by atoms with Crippen LogP contribution in [0.3, 0.4) is 0 Å². The molecule has 0 unspecified atom stereocenters. The number of carbonyl (C=O) groups is 2. The summed E-state index contributed by atoms with van der Waals surface area (Å²) in [5.41, 5.74) is -0.636. The van der Waals surface area contributed by atoms with Crippen molar-refractivity contribution in [2.45, 2.75) is 13.1 Å². The van der Waals surface area contributed by atoms with Gasteiger partial charge in [0.05, 0.1) is 30.0 Å². The first-order chi connectivity index (χ1) is 10.9. The molecule has 0 radical (unpaired) electrons. The topological polar surface area (TPSA) is 123 Å². The molecule has 23 heavy (non-hydrogen) atoms. The Labute approximate surface area is 128 Å². The fourth-order valence-corrected chi connectivity index (χ4v) is 2.11. The summed E-state index contributed by atoms with van der Waals surface area (Å²) in [4.78, 5) is 45.6. The lowest BCUT2D eigenvalue weighted by Crippen LogP contribution is -2.29. The minimum Gasteiger partial charge on any atom is -0.468 e. The van der Waals surface area contributed by atoms with Crippen LogP contribution in [0.15, 0.2) is 23.0 Å². The van der Waals surface area contributed by atoms with Crippen LogP contribution in [-0.2, 0) is 32.2 Å². The maximum atomic E-state index is 12.4. The lowest BCUT2D eigenvalue weighted by Gasteiger charge is -2.10. The molecule has 0 amide bonds. The number of ether oxygens (including phenoxy) is 2. The van der Waals surface area contributed by atoms with E-state index in [0.29, 0.717) is 0 Å². The molecule has 0 fully saturated rings. The zero-order chi connectivity index (χ0) is 17.1. The minimum absolute atomic E-state index is 0.0204. The van der Waals surface area contributed by atoms with E-state index in [9.17, 15) is 24.5 Å². The maximum Gasteiger partial charge on any atom is 0.327 e. The summed E-state index contributed by atoms with van der Waals surface area (Å²) in [7, 11) is 2.34. The molecule has 0 aliphatic heterocycles. The van der Waals surface area contributed by atoms with Crippen LogP contribution in [0, 0.1) is 10.1 Å². The summed E-state index contributed by atoms with van der Waals surface area (Å²) in [6.45, 7) is -0.765. The first-order valence-corrected chi connectivity index (χ1v) is 6.40. The Balaban J connectivity index is 2.69. The molecule has 10 heteroatoms. The van der Waals surface area contributed by atoms with Crippen molar-refractivity contribution in [3.05, 3.63) is 38.7 Å². The number of non-ortho nitro benzene ring substituents is 1. The molecule has 1 aromatic heterocycles. The van der Waals surface area contributed by atoms with Crippen LogP contribution in [0.4, 0.5) is 5.69 Å². The predicted molar refractivity (Wildman–Crippen MR) is 76.9 cm³/mol. The monoisotopic (exact) mass is 323 g/mol. The van der Waals surface area contributed by atoms with E-state index in [2.05, 4.69) is 9.47 Å². The van der Waals surface area contributed by atoms with E-state index in [1.165, 1.54) is 23.9 Å². The van der Waals surface area contributed by atoms with Gasteiger partial charge < -0.3 is 9.47 Å². The lowest BCUT2D eigenvalue weighted by atomic mass is 10.2. The zero-order valence-electron chi connectivity index (χ0n) is 12.3. The van der Waals surface area contributed by atoms with Gasteiger partial charge in [-0.3, -0.25) is 29.2 Å². The van der Waals surface area contributed by atoms with Crippen molar-refractivity contribution in [2.24, 2.45) is 0 Å². The summed E-state index contributed by atoms with van der Waals surface area (Å²) in [5.74, 6) is -1.34. The molecule has 0 saturated carbocycles. The normalized spacial score (nSPS) is 10.5. The van der Waals surface area contributed by atoms with Crippen LogP contribution < -0.4 is 5.56 Å². The standard InChI is InChI=1S/C13H13N3O7/c1-22-11(17)6-14-10-4-3-8(16(20)21)5-9(10)13(19)15(14)7-12(18)23-2/h3-5H,6-7H2,1-2H3. The van der Waals surface area contributed by atoms with Crippen molar-refractivity contribution in [2.75, 3.05) is 14.2 Å². The number of rotatable bonds is 5. The van der Waals surface area contributed by atoms with Gasteiger partial charge in [-0.2, -0.15) is 0 Å². The quantitative estimate of drug-likeness (QED) is 0.433. The van der Waals surface area contributed by atoms with E-state index in [1.54, 1.807) is 0 Å². The predicted octanol–water partition coefficient (Wildman–Crippen LogP) is 0.0572. The Kier molecular flexibility index (Phi) is 4.44. The molecule has 0 atom stereocenters. The van der Waals surface area contributed by atoms with Gasteiger partial charge >= 0.3 is 11.9 Å². The smallest absolute Gasteiger partial charge is 0.327 e. The second kappa shape index (κ2) is 6.30. The molecule has 0 aliphatic rings. The molecule has 0 saturated heterocycles. The van der Waals surface area contributed by atoms with Gasteiger partial charge in [0, 0.05) is 12.1 Å². The summed E-state index contributed by atoms with van der Waals surface area (Å²) in [6, 6.07) is 3.64. The second-order valence-corrected chi connectivity index (χ2v) is 4.53. The summed E-state index contributed by atoms with van der Waals surface area (Å²) < 4.78 is 11.3. The largest absolute Gasteiger partial charge is 0.468 e. The van der Waals surface area contributed by atoms with Crippen molar-refractivity contribution in [1.29, 1.82) is 0 Å². The number of nitro groups is 1. The van der Waals surface area contributed by atoms with E-state index in [1.807, 2.05) is 0 Å². The number of esters is 2. The molecule has 2 aromatic rings.